The smallest absolute Gasteiger partial charge is 0.410 e. The van der Waals surface area contributed by atoms with Gasteiger partial charge in [-0.05, 0) is 158 Å². The molecule has 10 rings (SSSR count). The Kier molecular flexibility index (Phi) is 15.3. The first kappa shape index (κ1) is 47.9. The Bertz CT molecular complexity index is 2600. The van der Waals surface area contributed by atoms with Crippen molar-refractivity contribution in [1.82, 2.24) is 30.2 Å². The summed E-state index contributed by atoms with van der Waals surface area (Å²) in [6, 6.07) is 21.7. The van der Waals surface area contributed by atoms with Gasteiger partial charge in [0.05, 0.1) is 0 Å². The molecule has 2 aromatic carbocycles. The van der Waals surface area contributed by atoms with Crippen LogP contribution >= 0.6 is 0 Å². The van der Waals surface area contributed by atoms with Crippen LogP contribution in [0.4, 0.5) is 25.2 Å². The quantitative estimate of drug-likeness (QED) is 0.121. The van der Waals surface area contributed by atoms with E-state index in [0.717, 1.165) is 103 Å². The number of hydrogen-bond donors (Lipinski definition) is 3. The zero-order chi connectivity index (χ0) is 47.7. The van der Waals surface area contributed by atoms with Gasteiger partial charge in [0.1, 0.15) is 40.3 Å². The molecular weight excluding hydrogens is 875 g/mol. The first-order valence-electron chi connectivity index (χ1n) is 25.2. The van der Waals surface area contributed by atoms with Crippen LogP contribution in [0.25, 0.3) is 45.2 Å². The van der Waals surface area contributed by atoms with Gasteiger partial charge in [-0.3, -0.25) is 0 Å². The topological polar surface area (TPSA) is 143 Å². The van der Waals surface area contributed by atoms with E-state index in [2.05, 4.69) is 25.9 Å². The van der Waals surface area contributed by atoms with Crippen molar-refractivity contribution in [1.29, 1.82) is 0 Å². The third-order valence-electron chi connectivity index (χ3n) is 13.7. The molecule has 2 aliphatic heterocycles. The van der Waals surface area contributed by atoms with Crippen molar-refractivity contribution in [2.24, 2.45) is 0 Å². The highest BCUT2D eigenvalue weighted by molar-refractivity contribution is 5.79. The number of benzene rings is 2. The number of likely N-dealkylation sites (tertiary alicyclic amines) is 1. The second-order valence-corrected chi connectivity index (χ2v) is 20.1. The number of aromatic nitrogens is 4. The van der Waals surface area contributed by atoms with Gasteiger partial charge in [0.15, 0.2) is 23.3 Å². The molecule has 69 heavy (non-hydrogen) atoms. The molecular formula is C55H66F2N8O4. The molecule has 6 aromatic rings. The Morgan fingerprint density at radius 2 is 1.04 bits per heavy atom. The van der Waals surface area contributed by atoms with Crippen molar-refractivity contribution < 1.29 is 27.1 Å². The molecule has 3 N–H and O–H groups in total. The highest BCUT2D eigenvalue weighted by atomic mass is 19.1. The summed E-state index contributed by atoms with van der Waals surface area (Å²) >= 11 is 0. The molecule has 364 valence electrons. The number of halogens is 2. The van der Waals surface area contributed by atoms with Crippen LogP contribution in [-0.2, 0) is 4.74 Å². The monoisotopic (exact) mass is 941 g/mol. The summed E-state index contributed by atoms with van der Waals surface area (Å²) < 4.78 is 45.6. The maximum atomic E-state index is 13.7. The molecule has 0 spiro atoms. The van der Waals surface area contributed by atoms with Crippen LogP contribution in [0.2, 0.25) is 0 Å². The number of oxazole rings is 2. The van der Waals surface area contributed by atoms with E-state index >= 15 is 0 Å². The number of nitrogens with one attached hydrogen (secondary N) is 3. The van der Waals surface area contributed by atoms with Crippen LogP contribution in [-0.4, -0.2) is 74.8 Å². The number of carbonyl (C=O) groups is 1. The van der Waals surface area contributed by atoms with Crippen molar-refractivity contribution in [3.8, 4) is 45.2 Å². The van der Waals surface area contributed by atoms with E-state index in [4.69, 9.17) is 23.5 Å². The van der Waals surface area contributed by atoms with Crippen LogP contribution in [0.1, 0.15) is 134 Å². The van der Waals surface area contributed by atoms with Gasteiger partial charge in [0, 0.05) is 71.7 Å². The SMILES string of the molecule is CC(C)(C)OC(=O)N1CCC(c2nc(-c3ccc(F)cc3)c(-c3ccnc(NC4CCCCC4)c3)o2)CC1.Fc1ccc(-c2nc(C3CCNCC3)oc2-c2ccnc(NC3CCCCC3)c2)cc1. The number of ether oxygens (including phenoxy) is 1. The molecule has 12 nitrogen and oxygen atoms in total. The largest absolute Gasteiger partial charge is 0.444 e. The first-order valence-corrected chi connectivity index (χ1v) is 25.2. The average Bonchev–Trinajstić information content (AvgIpc) is 4.02. The number of nitrogens with zero attached hydrogens (tertiary/aromatic N) is 5. The van der Waals surface area contributed by atoms with E-state index in [0.29, 0.717) is 48.4 Å². The predicted molar refractivity (Wildman–Crippen MR) is 266 cm³/mol. The number of anilines is 2. The highest BCUT2D eigenvalue weighted by Crippen LogP contribution is 2.40. The second-order valence-electron chi connectivity index (χ2n) is 20.1. The molecule has 0 bridgehead atoms. The Balaban J connectivity index is 0.000000175. The second kappa shape index (κ2) is 22.1. The molecule has 1 amide bonds. The van der Waals surface area contributed by atoms with Crippen molar-refractivity contribution in [2.45, 2.75) is 140 Å². The molecule has 2 saturated carbocycles. The summed E-state index contributed by atoms with van der Waals surface area (Å²) in [5.74, 6) is 4.31. The van der Waals surface area contributed by atoms with Crippen molar-refractivity contribution in [2.75, 3.05) is 36.8 Å². The number of pyridine rings is 2. The van der Waals surface area contributed by atoms with Crippen LogP contribution in [0.15, 0.2) is 94.0 Å². The average molecular weight is 941 g/mol. The van der Waals surface area contributed by atoms with Crippen LogP contribution in [0.3, 0.4) is 0 Å². The third kappa shape index (κ3) is 12.6. The standard InChI is InChI=1S/C30H37FN4O3.C25H29FN4O/c1-30(2,3)38-29(36)35-17-14-21(15-18-35)28-34-26(20-9-11-23(31)12-10-20)27(37-28)22-13-16-32-25(19-22)33-24-7-5-4-6-8-24;26-20-8-6-17(7-9-20)23-24(31-25(30-23)18-10-13-27-14-11-18)19-12-15-28-22(16-19)29-21-4-2-1-3-5-21/h9-13,16,19,21,24H,4-8,14-15,17-18H2,1-3H3,(H,32,33);6-9,12,15-16,18,21,27H,1-5,10-11,13-14H2,(H,28,29). The number of amides is 1. The van der Waals surface area contributed by atoms with Crippen LogP contribution < -0.4 is 16.0 Å². The van der Waals surface area contributed by atoms with Crippen LogP contribution in [0.5, 0.6) is 0 Å². The van der Waals surface area contributed by atoms with Gasteiger partial charge in [-0.15, -0.1) is 0 Å². The molecule has 2 aliphatic carbocycles. The summed E-state index contributed by atoms with van der Waals surface area (Å²) in [5, 5.41) is 10.6. The minimum atomic E-state index is -0.523. The van der Waals surface area contributed by atoms with Gasteiger partial charge in [0.2, 0.25) is 0 Å². The normalized spacial score (nSPS) is 17.8. The lowest BCUT2D eigenvalue weighted by molar-refractivity contribution is 0.0199. The Morgan fingerprint density at radius 1 is 0.609 bits per heavy atom. The van der Waals surface area contributed by atoms with Gasteiger partial charge < -0.3 is 34.4 Å². The minimum Gasteiger partial charge on any atom is -0.444 e. The first-order chi connectivity index (χ1) is 33.5. The van der Waals surface area contributed by atoms with Gasteiger partial charge >= 0.3 is 6.09 Å². The maximum absolute atomic E-state index is 13.7. The van der Waals surface area contributed by atoms with E-state index in [1.54, 1.807) is 35.4 Å². The van der Waals surface area contributed by atoms with Crippen molar-refractivity contribution in [3.63, 3.8) is 0 Å². The lowest BCUT2D eigenvalue weighted by Gasteiger charge is -2.32. The number of hydrogen-bond acceptors (Lipinski definition) is 11. The molecule has 6 heterocycles. The maximum Gasteiger partial charge on any atom is 0.410 e. The van der Waals surface area contributed by atoms with E-state index in [1.807, 2.05) is 51.2 Å². The molecule has 4 aromatic heterocycles. The molecule has 0 unspecified atom stereocenters. The molecule has 2 saturated heterocycles. The fourth-order valence-electron chi connectivity index (χ4n) is 9.94. The van der Waals surface area contributed by atoms with Gasteiger partial charge in [0.25, 0.3) is 0 Å². The minimum absolute atomic E-state index is 0.0725. The molecule has 4 fully saturated rings. The van der Waals surface area contributed by atoms with Gasteiger partial charge in [-0.1, -0.05) is 38.5 Å². The van der Waals surface area contributed by atoms with E-state index in [9.17, 15) is 13.6 Å². The summed E-state index contributed by atoms with van der Waals surface area (Å²) in [5.41, 5.74) is 4.40. The summed E-state index contributed by atoms with van der Waals surface area (Å²) in [7, 11) is 0. The fourth-order valence-corrected chi connectivity index (χ4v) is 9.94. The molecule has 14 heteroatoms. The van der Waals surface area contributed by atoms with Gasteiger partial charge in [-0.2, -0.15) is 0 Å². The number of rotatable bonds is 10. The lowest BCUT2D eigenvalue weighted by atomic mass is 9.95. The fraction of sp³-hybridized carbons (Fsp3) is 0.473. The number of carbonyl (C=O) groups excluding carboxylic acids is 1. The Hall–Kier alpha value is -6.15. The van der Waals surface area contributed by atoms with E-state index in [-0.39, 0.29) is 23.6 Å². The van der Waals surface area contributed by atoms with E-state index < -0.39 is 5.60 Å². The van der Waals surface area contributed by atoms with Crippen molar-refractivity contribution >= 4 is 17.7 Å². The van der Waals surface area contributed by atoms with E-state index in [1.165, 1.54) is 75.6 Å². The van der Waals surface area contributed by atoms with Crippen molar-refractivity contribution in [3.05, 3.63) is 109 Å². The zero-order valence-electron chi connectivity index (χ0n) is 40.2. The number of piperidine rings is 2. The molecule has 4 aliphatic rings. The molecule has 0 radical (unpaired) electrons. The Morgan fingerprint density at radius 3 is 1.48 bits per heavy atom. The van der Waals surface area contributed by atoms with Gasteiger partial charge in [-0.25, -0.2) is 33.5 Å². The zero-order valence-corrected chi connectivity index (χ0v) is 40.2. The molecule has 0 atom stereocenters. The Labute approximate surface area is 404 Å². The predicted octanol–water partition coefficient (Wildman–Crippen LogP) is 13.2. The third-order valence-corrected chi connectivity index (χ3v) is 13.7. The summed E-state index contributed by atoms with van der Waals surface area (Å²) in [4.78, 5) is 33.2. The summed E-state index contributed by atoms with van der Waals surface area (Å²) in [6.07, 6.45) is 19.1. The highest BCUT2D eigenvalue weighted by Gasteiger charge is 2.32. The summed E-state index contributed by atoms with van der Waals surface area (Å²) in [6.45, 7) is 8.72. The lowest BCUT2D eigenvalue weighted by Crippen LogP contribution is -2.41. The van der Waals surface area contributed by atoms with Crippen LogP contribution in [0, 0.1) is 11.6 Å².